The molecule has 0 aliphatic rings. The van der Waals surface area contributed by atoms with Crippen molar-refractivity contribution in [3.05, 3.63) is 29.8 Å². The summed E-state index contributed by atoms with van der Waals surface area (Å²) in [7, 11) is 1.53. The van der Waals surface area contributed by atoms with Crippen LogP contribution in [0.5, 0.6) is 5.75 Å². The number of methoxy groups -OCH3 is 1. The summed E-state index contributed by atoms with van der Waals surface area (Å²) in [5.74, 6) is 0.636. The van der Waals surface area contributed by atoms with E-state index >= 15 is 0 Å². The van der Waals surface area contributed by atoms with Crippen molar-refractivity contribution >= 4 is 16.8 Å². The van der Waals surface area contributed by atoms with Gasteiger partial charge in [-0.3, -0.25) is 4.79 Å². The second-order valence-corrected chi connectivity index (χ2v) is 3.20. The first kappa shape index (κ1) is 11.0. The molecule has 1 rings (SSSR count). The molecule has 0 aliphatic carbocycles. The van der Waals surface area contributed by atoms with Crippen LogP contribution in [0.25, 0.3) is 0 Å². The van der Waals surface area contributed by atoms with Gasteiger partial charge in [-0.25, -0.2) is 4.39 Å². The minimum absolute atomic E-state index is 0.0144. The summed E-state index contributed by atoms with van der Waals surface area (Å²) >= 11 is 5.01. The molecule has 2 nitrogen and oxygen atoms in total. The summed E-state index contributed by atoms with van der Waals surface area (Å²) in [6, 6.07) is 6.88. The van der Waals surface area contributed by atoms with Crippen molar-refractivity contribution in [1.82, 2.24) is 0 Å². The van der Waals surface area contributed by atoms with Crippen LogP contribution in [0.4, 0.5) is 4.39 Å². The minimum atomic E-state index is -1.65. The first-order valence-corrected chi connectivity index (χ1v) is 4.47. The number of carbonyl (C=O) groups is 1. The number of ether oxygens (including phenoxy) is 1. The van der Waals surface area contributed by atoms with E-state index in [1.165, 1.54) is 7.11 Å². The van der Waals surface area contributed by atoms with Crippen LogP contribution in [0, 0.1) is 0 Å². The van der Waals surface area contributed by atoms with E-state index in [2.05, 4.69) is 0 Å². The van der Waals surface area contributed by atoms with E-state index in [9.17, 15) is 9.18 Å². The molecule has 76 valence electrons. The average molecular weight is 217 g/mol. The monoisotopic (exact) mass is 216 g/mol. The van der Waals surface area contributed by atoms with Gasteiger partial charge in [-0.1, -0.05) is 12.1 Å². The van der Waals surface area contributed by atoms with E-state index in [1.54, 1.807) is 24.3 Å². The van der Waals surface area contributed by atoms with E-state index in [1.807, 2.05) is 0 Å². The highest BCUT2D eigenvalue weighted by molar-refractivity contribution is 6.64. The molecule has 4 heteroatoms. The third-order valence-electron chi connectivity index (χ3n) is 1.80. The lowest BCUT2D eigenvalue weighted by molar-refractivity contribution is -0.115. The molecule has 1 atom stereocenters. The second-order valence-electron chi connectivity index (χ2n) is 2.83. The fourth-order valence-corrected chi connectivity index (χ4v) is 1.16. The maximum absolute atomic E-state index is 12.9. The Morgan fingerprint density at radius 1 is 1.64 bits per heavy atom. The Hall–Kier alpha value is -1.09. The van der Waals surface area contributed by atoms with Crippen LogP contribution in [0.2, 0.25) is 0 Å². The molecule has 0 aliphatic heterocycles. The van der Waals surface area contributed by atoms with Crippen LogP contribution >= 0.6 is 11.6 Å². The molecule has 0 radical (unpaired) electrons. The number of alkyl halides is 1. The molecule has 1 aromatic rings. The number of hydrogen-bond acceptors (Lipinski definition) is 2. The second kappa shape index (κ2) is 4.96. The first-order chi connectivity index (χ1) is 6.63. The highest BCUT2D eigenvalue weighted by atomic mass is 35.5. The van der Waals surface area contributed by atoms with Crippen molar-refractivity contribution < 1.29 is 13.9 Å². The van der Waals surface area contributed by atoms with Gasteiger partial charge in [0.25, 0.3) is 5.24 Å². The number of carbonyl (C=O) groups excluding carboxylic acids is 1. The molecule has 0 aromatic heterocycles. The van der Waals surface area contributed by atoms with Gasteiger partial charge in [-0.2, -0.15) is 0 Å². The molecule has 0 saturated carbocycles. The number of rotatable bonds is 4. The molecule has 1 unspecified atom stereocenters. The zero-order valence-corrected chi connectivity index (χ0v) is 8.42. The zero-order valence-electron chi connectivity index (χ0n) is 7.67. The molecular formula is C10H10ClFO2. The first-order valence-electron chi connectivity index (χ1n) is 4.10. The quantitative estimate of drug-likeness (QED) is 0.723. The highest BCUT2D eigenvalue weighted by Gasteiger charge is 2.15. The molecule has 0 N–H and O–H groups in total. The van der Waals surface area contributed by atoms with Crippen molar-refractivity contribution in [2.75, 3.05) is 7.11 Å². The predicted octanol–water partition coefficient (Wildman–Crippen LogP) is 2.34. The SMILES string of the molecule is COc1cccc(CC(F)C(=O)Cl)c1. The molecule has 0 spiro atoms. The van der Waals surface area contributed by atoms with Gasteiger partial charge in [0.1, 0.15) is 5.75 Å². The van der Waals surface area contributed by atoms with Gasteiger partial charge in [0.05, 0.1) is 7.11 Å². The van der Waals surface area contributed by atoms with Crippen molar-refractivity contribution in [3.63, 3.8) is 0 Å². The van der Waals surface area contributed by atoms with Crippen LogP contribution in [-0.2, 0) is 11.2 Å². The van der Waals surface area contributed by atoms with E-state index in [0.29, 0.717) is 11.3 Å². The van der Waals surface area contributed by atoms with Gasteiger partial charge >= 0.3 is 0 Å². The topological polar surface area (TPSA) is 26.3 Å². The van der Waals surface area contributed by atoms with Crippen LogP contribution in [0.3, 0.4) is 0 Å². The summed E-state index contributed by atoms with van der Waals surface area (Å²) in [6.07, 6.45) is -1.66. The van der Waals surface area contributed by atoms with E-state index in [-0.39, 0.29) is 6.42 Å². The smallest absolute Gasteiger partial charge is 0.256 e. The lowest BCUT2D eigenvalue weighted by Gasteiger charge is -2.05. The fourth-order valence-electron chi connectivity index (χ4n) is 1.09. The predicted molar refractivity (Wildman–Crippen MR) is 52.5 cm³/mol. The lowest BCUT2D eigenvalue weighted by Crippen LogP contribution is -2.12. The number of hydrogen-bond donors (Lipinski definition) is 0. The van der Waals surface area contributed by atoms with Crippen molar-refractivity contribution in [1.29, 1.82) is 0 Å². The van der Waals surface area contributed by atoms with Crippen molar-refractivity contribution in [2.24, 2.45) is 0 Å². The maximum Gasteiger partial charge on any atom is 0.256 e. The maximum atomic E-state index is 12.9. The van der Waals surface area contributed by atoms with E-state index < -0.39 is 11.4 Å². The van der Waals surface area contributed by atoms with Crippen molar-refractivity contribution in [3.8, 4) is 5.75 Å². The van der Waals surface area contributed by atoms with Crippen LogP contribution in [0.1, 0.15) is 5.56 Å². The van der Waals surface area contributed by atoms with E-state index in [0.717, 1.165) is 0 Å². The van der Waals surface area contributed by atoms with Crippen molar-refractivity contribution in [2.45, 2.75) is 12.6 Å². The highest BCUT2D eigenvalue weighted by Crippen LogP contribution is 2.15. The van der Waals surface area contributed by atoms with Crippen LogP contribution < -0.4 is 4.74 Å². The van der Waals surface area contributed by atoms with Gasteiger partial charge in [-0.15, -0.1) is 0 Å². The number of benzene rings is 1. The summed E-state index contributed by atoms with van der Waals surface area (Å²) < 4.78 is 17.9. The Labute approximate surface area is 86.6 Å². The molecule has 0 saturated heterocycles. The normalized spacial score (nSPS) is 12.2. The standard InChI is InChI=1S/C10H10ClFO2/c1-14-8-4-2-3-7(5-8)6-9(12)10(11)13/h2-5,9H,6H2,1H3. The Kier molecular flexibility index (Phi) is 3.89. The number of halogens is 2. The Bertz CT molecular complexity index is 328. The van der Waals surface area contributed by atoms with Gasteiger partial charge in [0.2, 0.25) is 0 Å². The summed E-state index contributed by atoms with van der Waals surface area (Å²) in [4.78, 5) is 10.5. The van der Waals surface area contributed by atoms with E-state index in [4.69, 9.17) is 16.3 Å². The molecule has 0 bridgehead atoms. The van der Waals surface area contributed by atoms with Gasteiger partial charge < -0.3 is 4.74 Å². The summed E-state index contributed by atoms with van der Waals surface area (Å²) in [5, 5.41) is -0.965. The van der Waals surface area contributed by atoms with Gasteiger partial charge in [-0.05, 0) is 29.3 Å². The molecule has 0 heterocycles. The Balaban J connectivity index is 2.71. The minimum Gasteiger partial charge on any atom is -0.497 e. The third kappa shape index (κ3) is 3.00. The molecular weight excluding hydrogens is 207 g/mol. The molecule has 14 heavy (non-hydrogen) atoms. The largest absolute Gasteiger partial charge is 0.497 e. The summed E-state index contributed by atoms with van der Waals surface area (Å²) in [5.41, 5.74) is 0.686. The zero-order chi connectivity index (χ0) is 10.6. The molecule has 1 aromatic carbocycles. The van der Waals surface area contributed by atoms with Crippen LogP contribution in [0.15, 0.2) is 24.3 Å². The molecule has 0 amide bonds. The van der Waals surface area contributed by atoms with Gasteiger partial charge in [0.15, 0.2) is 6.17 Å². The molecule has 0 fully saturated rings. The summed E-state index contributed by atoms with van der Waals surface area (Å²) in [6.45, 7) is 0. The Morgan fingerprint density at radius 2 is 2.36 bits per heavy atom. The fraction of sp³-hybridized carbons (Fsp3) is 0.300. The Morgan fingerprint density at radius 3 is 2.93 bits per heavy atom. The average Bonchev–Trinajstić information content (AvgIpc) is 2.18. The third-order valence-corrected chi connectivity index (χ3v) is 2.03. The lowest BCUT2D eigenvalue weighted by atomic mass is 10.1. The van der Waals surface area contributed by atoms with Crippen LogP contribution in [-0.4, -0.2) is 18.5 Å². The van der Waals surface area contributed by atoms with Gasteiger partial charge in [0, 0.05) is 6.42 Å².